The van der Waals surface area contributed by atoms with Crippen molar-refractivity contribution in [1.82, 2.24) is 10.2 Å². The Hall–Kier alpha value is -1.92. The van der Waals surface area contributed by atoms with Gasteiger partial charge < -0.3 is 16.4 Å². The van der Waals surface area contributed by atoms with Crippen LogP contribution >= 0.6 is 0 Å². The predicted octanol–water partition coefficient (Wildman–Crippen LogP) is 1.61. The minimum absolute atomic E-state index is 0.0144. The molecule has 2 amide bonds. The summed E-state index contributed by atoms with van der Waals surface area (Å²) >= 11 is 0. The Bertz CT molecular complexity index is 640. The summed E-state index contributed by atoms with van der Waals surface area (Å²) in [5.74, 6) is -0.237. The first-order valence-electron chi connectivity index (χ1n) is 9.17. The lowest BCUT2D eigenvalue weighted by Crippen LogP contribution is -2.54. The smallest absolute Gasteiger partial charge is 0.244 e. The van der Waals surface area contributed by atoms with Crippen molar-refractivity contribution in [1.29, 1.82) is 0 Å². The second-order valence-corrected chi connectivity index (χ2v) is 7.40. The summed E-state index contributed by atoms with van der Waals surface area (Å²) in [5, 5.41) is 6.38. The maximum atomic E-state index is 12.6. The maximum absolute atomic E-state index is 12.6. The molecule has 0 bridgehead atoms. The molecule has 6 nitrogen and oxygen atoms in total. The highest BCUT2D eigenvalue weighted by molar-refractivity contribution is 5.98. The lowest BCUT2D eigenvalue weighted by atomic mass is 9.90. The van der Waals surface area contributed by atoms with E-state index >= 15 is 0 Å². The van der Waals surface area contributed by atoms with E-state index in [1.54, 1.807) is 0 Å². The van der Waals surface area contributed by atoms with Crippen molar-refractivity contribution in [2.75, 3.05) is 18.4 Å². The number of carbonyl (C=O) groups is 2. The molecular weight excluding hydrogens is 316 g/mol. The highest BCUT2D eigenvalue weighted by Gasteiger charge is 2.34. The number of nitrogens with zero attached hydrogens (tertiary/aromatic N) is 1. The molecule has 2 fully saturated rings. The number of hydrogen-bond donors (Lipinski definition) is 3. The molecule has 2 heterocycles. The molecule has 6 heteroatoms. The van der Waals surface area contributed by atoms with Crippen LogP contribution in [-0.4, -0.2) is 41.4 Å². The van der Waals surface area contributed by atoms with E-state index in [9.17, 15) is 9.59 Å². The van der Waals surface area contributed by atoms with E-state index < -0.39 is 5.54 Å². The number of rotatable bonds is 5. The number of hydrogen-bond acceptors (Lipinski definition) is 4. The van der Waals surface area contributed by atoms with Gasteiger partial charge in [0.05, 0.1) is 11.6 Å². The summed E-state index contributed by atoms with van der Waals surface area (Å²) < 4.78 is 0. The summed E-state index contributed by atoms with van der Waals surface area (Å²) in [4.78, 5) is 26.3. The van der Waals surface area contributed by atoms with Gasteiger partial charge in [0.25, 0.3) is 0 Å². The second-order valence-electron chi connectivity index (χ2n) is 7.40. The van der Waals surface area contributed by atoms with E-state index in [4.69, 9.17) is 5.73 Å². The summed E-state index contributed by atoms with van der Waals surface area (Å²) in [7, 11) is 0. The zero-order chi connectivity index (χ0) is 17.9. The number of carbonyl (C=O) groups excluding carboxylic acids is 2. The Morgan fingerprint density at radius 3 is 2.92 bits per heavy atom. The van der Waals surface area contributed by atoms with E-state index in [-0.39, 0.29) is 17.9 Å². The number of nitrogens with one attached hydrogen (secondary N) is 2. The molecule has 136 valence electrons. The van der Waals surface area contributed by atoms with Crippen molar-refractivity contribution in [3.05, 3.63) is 29.8 Å². The normalized spacial score (nSPS) is 27.2. The molecule has 1 aromatic rings. The fourth-order valence-electron chi connectivity index (χ4n) is 3.84. The highest BCUT2D eigenvalue weighted by atomic mass is 16.2. The van der Waals surface area contributed by atoms with Crippen molar-refractivity contribution >= 4 is 17.5 Å². The van der Waals surface area contributed by atoms with Gasteiger partial charge >= 0.3 is 0 Å². The van der Waals surface area contributed by atoms with Gasteiger partial charge in [0, 0.05) is 12.2 Å². The van der Waals surface area contributed by atoms with Crippen LogP contribution in [-0.2, 0) is 16.1 Å². The summed E-state index contributed by atoms with van der Waals surface area (Å²) in [6.07, 6.45) is 4.87. The monoisotopic (exact) mass is 344 g/mol. The third kappa shape index (κ3) is 4.19. The quantitative estimate of drug-likeness (QED) is 0.757. The predicted molar refractivity (Wildman–Crippen MR) is 98.0 cm³/mol. The molecule has 2 aliphatic rings. The SMILES string of the molecule is CC1(C(=O)Nc2cccc(CN3CCCC3C(N)=O)c2)CCCCN1. The van der Waals surface area contributed by atoms with Crippen molar-refractivity contribution in [2.24, 2.45) is 5.73 Å². The van der Waals surface area contributed by atoms with Crippen LogP contribution in [0, 0.1) is 0 Å². The first-order valence-corrected chi connectivity index (χ1v) is 9.17. The second kappa shape index (κ2) is 7.54. The van der Waals surface area contributed by atoms with Gasteiger partial charge in [-0.15, -0.1) is 0 Å². The van der Waals surface area contributed by atoms with Crippen LogP contribution in [0.2, 0.25) is 0 Å². The third-order valence-electron chi connectivity index (χ3n) is 5.38. The van der Waals surface area contributed by atoms with E-state index in [1.165, 1.54) is 0 Å². The van der Waals surface area contributed by atoms with Gasteiger partial charge in [-0.05, 0) is 69.8 Å². The summed E-state index contributed by atoms with van der Waals surface area (Å²) in [6.45, 7) is 4.40. The Balaban J connectivity index is 1.65. The van der Waals surface area contributed by atoms with Gasteiger partial charge in [-0.2, -0.15) is 0 Å². The van der Waals surface area contributed by atoms with Crippen molar-refractivity contribution in [3.8, 4) is 0 Å². The Kier molecular flexibility index (Phi) is 5.39. The fraction of sp³-hybridized carbons (Fsp3) is 0.579. The van der Waals surface area contributed by atoms with Gasteiger partial charge in [-0.3, -0.25) is 14.5 Å². The van der Waals surface area contributed by atoms with Gasteiger partial charge in [0.1, 0.15) is 0 Å². The molecule has 3 rings (SSSR count). The molecule has 25 heavy (non-hydrogen) atoms. The fourth-order valence-corrected chi connectivity index (χ4v) is 3.84. The number of amides is 2. The zero-order valence-corrected chi connectivity index (χ0v) is 14.9. The molecular formula is C19H28N4O2. The van der Waals surface area contributed by atoms with Crippen molar-refractivity contribution in [2.45, 2.75) is 57.2 Å². The Morgan fingerprint density at radius 2 is 2.20 bits per heavy atom. The molecule has 2 aliphatic heterocycles. The van der Waals surface area contributed by atoms with E-state index in [2.05, 4.69) is 15.5 Å². The third-order valence-corrected chi connectivity index (χ3v) is 5.38. The van der Waals surface area contributed by atoms with E-state index in [0.29, 0.717) is 6.54 Å². The Morgan fingerprint density at radius 1 is 1.36 bits per heavy atom. The lowest BCUT2D eigenvalue weighted by Gasteiger charge is -2.33. The van der Waals surface area contributed by atoms with Crippen LogP contribution in [0.4, 0.5) is 5.69 Å². The van der Waals surface area contributed by atoms with E-state index in [0.717, 1.165) is 56.4 Å². The van der Waals surface area contributed by atoms with Crippen LogP contribution in [0.3, 0.4) is 0 Å². The van der Waals surface area contributed by atoms with Gasteiger partial charge in [0.2, 0.25) is 11.8 Å². The highest BCUT2D eigenvalue weighted by Crippen LogP contribution is 2.23. The maximum Gasteiger partial charge on any atom is 0.244 e. The first kappa shape index (κ1) is 17.9. The number of piperidine rings is 1. The molecule has 2 saturated heterocycles. The van der Waals surface area contributed by atoms with Crippen LogP contribution in [0.25, 0.3) is 0 Å². The van der Waals surface area contributed by atoms with Gasteiger partial charge in [-0.25, -0.2) is 0 Å². The van der Waals surface area contributed by atoms with Crippen molar-refractivity contribution < 1.29 is 9.59 Å². The van der Waals surface area contributed by atoms with Gasteiger partial charge in [0.15, 0.2) is 0 Å². The molecule has 0 aromatic heterocycles. The number of nitrogens with two attached hydrogens (primary N) is 1. The topological polar surface area (TPSA) is 87.5 Å². The minimum atomic E-state index is -0.500. The molecule has 0 radical (unpaired) electrons. The zero-order valence-electron chi connectivity index (χ0n) is 14.9. The largest absolute Gasteiger partial charge is 0.368 e. The van der Waals surface area contributed by atoms with Crippen LogP contribution in [0.1, 0.15) is 44.6 Å². The molecule has 2 unspecified atom stereocenters. The standard InChI is InChI=1S/C19H28N4O2/c1-19(9-2-3-10-21-19)18(25)22-15-7-4-6-14(12-15)13-23-11-5-8-16(23)17(20)24/h4,6-7,12,16,21H,2-3,5,8-11,13H2,1H3,(H2,20,24)(H,22,25). The number of primary amides is 1. The molecule has 1 aromatic carbocycles. The minimum Gasteiger partial charge on any atom is -0.368 e. The Labute approximate surface area is 149 Å². The molecule has 2 atom stereocenters. The number of anilines is 1. The molecule has 0 spiro atoms. The average Bonchev–Trinajstić information content (AvgIpc) is 3.04. The number of likely N-dealkylation sites (tertiary alicyclic amines) is 1. The van der Waals surface area contributed by atoms with Crippen molar-refractivity contribution in [3.63, 3.8) is 0 Å². The molecule has 0 saturated carbocycles. The van der Waals surface area contributed by atoms with Crippen LogP contribution in [0.5, 0.6) is 0 Å². The first-order chi connectivity index (χ1) is 12.0. The summed E-state index contributed by atoms with van der Waals surface area (Å²) in [5.41, 5.74) is 6.86. The molecule has 4 N–H and O–H groups in total. The summed E-state index contributed by atoms with van der Waals surface area (Å²) in [6, 6.07) is 7.68. The lowest BCUT2D eigenvalue weighted by molar-refractivity contribution is -0.123. The average molecular weight is 344 g/mol. The molecule has 0 aliphatic carbocycles. The van der Waals surface area contributed by atoms with Gasteiger partial charge in [-0.1, -0.05) is 12.1 Å². The number of benzene rings is 1. The van der Waals surface area contributed by atoms with Crippen LogP contribution < -0.4 is 16.4 Å². The van der Waals surface area contributed by atoms with Crippen LogP contribution in [0.15, 0.2) is 24.3 Å². The van der Waals surface area contributed by atoms with E-state index in [1.807, 2.05) is 31.2 Å².